The summed E-state index contributed by atoms with van der Waals surface area (Å²) in [5.41, 5.74) is 0. The van der Waals surface area contributed by atoms with E-state index in [1.54, 1.807) is 0 Å². The van der Waals surface area contributed by atoms with Crippen LogP contribution in [0, 0.1) is 5.92 Å². The van der Waals surface area contributed by atoms with Gasteiger partial charge in [0.25, 0.3) is 0 Å². The third-order valence-electron chi connectivity index (χ3n) is 3.22. The minimum Gasteiger partial charge on any atom is -0.355 e. The van der Waals surface area contributed by atoms with E-state index in [0.29, 0.717) is 25.8 Å². The van der Waals surface area contributed by atoms with Crippen molar-refractivity contribution in [1.29, 1.82) is 0 Å². The van der Waals surface area contributed by atoms with Crippen molar-refractivity contribution in [2.24, 2.45) is 5.92 Å². The number of amides is 2. The quantitative estimate of drug-likeness (QED) is 0.653. The van der Waals surface area contributed by atoms with Gasteiger partial charge in [-0.15, -0.1) is 0 Å². The van der Waals surface area contributed by atoms with Gasteiger partial charge in [-0.25, -0.2) is 8.42 Å². The van der Waals surface area contributed by atoms with Gasteiger partial charge >= 0.3 is 0 Å². The van der Waals surface area contributed by atoms with Gasteiger partial charge in [0.2, 0.25) is 11.8 Å². The average molecular weight is 260 g/mol. The minimum atomic E-state index is -2.97. The number of nitrogens with one attached hydrogen (secondary N) is 2. The molecular formula is C10H16N2O4S. The molecule has 0 aromatic heterocycles. The predicted octanol–water partition coefficient (Wildman–Crippen LogP) is -1.18. The predicted molar refractivity (Wildman–Crippen MR) is 60.9 cm³/mol. The lowest BCUT2D eigenvalue weighted by Crippen LogP contribution is -2.46. The van der Waals surface area contributed by atoms with Crippen LogP contribution < -0.4 is 10.6 Å². The fourth-order valence-electron chi connectivity index (χ4n) is 2.18. The van der Waals surface area contributed by atoms with Gasteiger partial charge in [0.05, 0.1) is 17.4 Å². The normalized spacial score (nSPS) is 31.9. The first-order valence-corrected chi connectivity index (χ1v) is 7.56. The standard InChI is InChI=1S/C10H16N2O4S/c13-9-2-1-7(5-11-9)10(14)12-8-3-4-17(15,16)6-8/h7-8H,1-6H2,(H,11,13)(H,12,14). The highest BCUT2D eigenvalue weighted by atomic mass is 32.2. The summed E-state index contributed by atoms with van der Waals surface area (Å²) >= 11 is 0. The van der Waals surface area contributed by atoms with Crippen molar-refractivity contribution in [1.82, 2.24) is 10.6 Å². The van der Waals surface area contributed by atoms with Crippen LogP contribution >= 0.6 is 0 Å². The van der Waals surface area contributed by atoms with Crippen molar-refractivity contribution in [2.75, 3.05) is 18.1 Å². The molecule has 2 atom stereocenters. The third-order valence-corrected chi connectivity index (χ3v) is 4.98. The first-order valence-electron chi connectivity index (χ1n) is 5.74. The molecule has 7 heteroatoms. The van der Waals surface area contributed by atoms with E-state index in [4.69, 9.17) is 0 Å². The smallest absolute Gasteiger partial charge is 0.225 e. The molecule has 2 aliphatic heterocycles. The molecule has 2 fully saturated rings. The molecule has 0 bridgehead atoms. The summed E-state index contributed by atoms with van der Waals surface area (Å²) < 4.78 is 22.5. The number of sulfone groups is 1. The zero-order valence-corrected chi connectivity index (χ0v) is 10.3. The van der Waals surface area contributed by atoms with Crippen LogP contribution in [0.2, 0.25) is 0 Å². The Labute approximate surface area is 100 Å². The van der Waals surface area contributed by atoms with Gasteiger partial charge in [-0.3, -0.25) is 9.59 Å². The Morgan fingerprint density at radius 1 is 1.35 bits per heavy atom. The fraction of sp³-hybridized carbons (Fsp3) is 0.800. The van der Waals surface area contributed by atoms with E-state index < -0.39 is 9.84 Å². The van der Waals surface area contributed by atoms with Gasteiger partial charge < -0.3 is 10.6 Å². The molecule has 96 valence electrons. The van der Waals surface area contributed by atoms with E-state index in [0.717, 1.165) is 0 Å². The molecule has 2 saturated heterocycles. The number of piperidine rings is 1. The number of carbonyl (C=O) groups is 2. The Bertz CT molecular complexity index is 422. The first-order chi connectivity index (χ1) is 7.96. The van der Waals surface area contributed by atoms with Crippen LogP contribution in [0.25, 0.3) is 0 Å². The van der Waals surface area contributed by atoms with E-state index in [1.807, 2.05) is 0 Å². The highest BCUT2D eigenvalue weighted by Gasteiger charge is 2.31. The van der Waals surface area contributed by atoms with Crippen molar-refractivity contribution >= 4 is 21.7 Å². The molecular weight excluding hydrogens is 244 g/mol. The van der Waals surface area contributed by atoms with Crippen LogP contribution in [0.3, 0.4) is 0 Å². The molecule has 0 aromatic carbocycles. The molecule has 2 N–H and O–H groups in total. The summed E-state index contributed by atoms with van der Waals surface area (Å²) in [6.07, 6.45) is 1.39. The number of rotatable bonds is 2. The molecule has 2 heterocycles. The van der Waals surface area contributed by atoms with Crippen molar-refractivity contribution < 1.29 is 18.0 Å². The maximum Gasteiger partial charge on any atom is 0.225 e. The van der Waals surface area contributed by atoms with E-state index in [2.05, 4.69) is 10.6 Å². The van der Waals surface area contributed by atoms with Crippen molar-refractivity contribution in [2.45, 2.75) is 25.3 Å². The first kappa shape index (κ1) is 12.3. The summed E-state index contributed by atoms with van der Waals surface area (Å²) in [6.45, 7) is 0.351. The molecule has 0 radical (unpaired) electrons. The van der Waals surface area contributed by atoms with Crippen molar-refractivity contribution in [3.63, 3.8) is 0 Å². The largest absolute Gasteiger partial charge is 0.355 e. The van der Waals surface area contributed by atoms with Gasteiger partial charge in [0, 0.05) is 19.0 Å². The van der Waals surface area contributed by atoms with Gasteiger partial charge in [0.1, 0.15) is 0 Å². The Morgan fingerprint density at radius 2 is 2.12 bits per heavy atom. The second-order valence-electron chi connectivity index (χ2n) is 4.65. The van der Waals surface area contributed by atoms with Crippen LogP contribution in [0.4, 0.5) is 0 Å². The lowest BCUT2D eigenvalue weighted by molar-refractivity contribution is -0.129. The molecule has 0 spiro atoms. The minimum absolute atomic E-state index is 0.0301. The van der Waals surface area contributed by atoms with Gasteiger partial charge in [0.15, 0.2) is 9.84 Å². The van der Waals surface area contributed by atoms with E-state index in [9.17, 15) is 18.0 Å². The maximum absolute atomic E-state index is 11.8. The van der Waals surface area contributed by atoms with Crippen LogP contribution in [0.1, 0.15) is 19.3 Å². The second-order valence-corrected chi connectivity index (χ2v) is 6.88. The van der Waals surface area contributed by atoms with Crippen LogP contribution in [-0.4, -0.2) is 44.3 Å². The number of carbonyl (C=O) groups excluding carboxylic acids is 2. The Hall–Kier alpha value is -1.11. The highest BCUT2D eigenvalue weighted by Crippen LogP contribution is 2.15. The summed E-state index contributed by atoms with van der Waals surface area (Å²) in [6, 6.07) is -0.259. The third kappa shape index (κ3) is 3.18. The van der Waals surface area contributed by atoms with Gasteiger partial charge in [-0.2, -0.15) is 0 Å². The molecule has 17 heavy (non-hydrogen) atoms. The Morgan fingerprint density at radius 3 is 2.65 bits per heavy atom. The topological polar surface area (TPSA) is 92.3 Å². The molecule has 2 aliphatic rings. The lowest BCUT2D eigenvalue weighted by Gasteiger charge is -2.23. The lowest BCUT2D eigenvalue weighted by atomic mass is 9.98. The Balaban J connectivity index is 1.83. The molecule has 0 aliphatic carbocycles. The molecule has 0 aromatic rings. The number of hydrogen-bond donors (Lipinski definition) is 2. The van der Waals surface area contributed by atoms with Gasteiger partial charge in [-0.1, -0.05) is 0 Å². The zero-order chi connectivity index (χ0) is 12.5. The summed E-state index contributed by atoms with van der Waals surface area (Å²) in [7, 11) is -2.97. The van der Waals surface area contributed by atoms with Crippen LogP contribution in [-0.2, 0) is 19.4 Å². The maximum atomic E-state index is 11.8. The van der Waals surface area contributed by atoms with Crippen LogP contribution in [0.5, 0.6) is 0 Å². The highest BCUT2D eigenvalue weighted by molar-refractivity contribution is 7.91. The van der Waals surface area contributed by atoms with Crippen molar-refractivity contribution in [3.05, 3.63) is 0 Å². The Kier molecular flexibility index (Phi) is 3.37. The van der Waals surface area contributed by atoms with E-state index in [1.165, 1.54) is 0 Å². The molecule has 2 rings (SSSR count). The number of hydrogen-bond acceptors (Lipinski definition) is 4. The molecule has 2 unspecified atom stereocenters. The summed E-state index contributed by atoms with van der Waals surface area (Å²) in [4.78, 5) is 22.8. The average Bonchev–Trinajstić information content (AvgIpc) is 2.59. The molecule has 0 saturated carbocycles. The van der Waals surface area contributed by atoms with E-state index in [-0.39, 0.29) is 35.3 Å². The van der Waals surface area contributed by atoms with Crippen molar-refractivity contribution in [3.8, 4) is 0 Å². The summed E-state index contributed by atoms with van der Waals surface area (Å²) in [5.74, 6) is -0.211. The summed E-state index contributed by atoms with van der Waals surface area (Å²) in [5, 5.41) is 5.39. The monoisotopic (exact) mass is 260 g/mol. The van der Waals surface area contributed by atoms with Crippen LogP contribution in [0.15, 0.2) is 0 Å². The van der Waals surface area contributed by atoms with Gasteiger partial charge in [-0.05, 0) is 12.8 Å². The van der Waals surface area contributed by atoms with E-state index >= 15 is 0 Å². The molecule has 6 nitrogen and oxygen atoms in total. The fourth-order valence-corrected chi connectivity index (χ4v) is 3.86. The second kappa shape index (κ2) is 4.64. The molecule has 2 amide bonds. The zero-order valence-electron chi connectivity index (χ0n) is 9.44. The SMILES string of the molecule is O=C1CCC(C(=O)NC2CCS(=O)(=O)C2)CN1.